The zero-order valence-electron chi connectivity index (χ0n) is 16.1. The van der Waals surface area contributed by atoms with Gasteiger partial charge < -0.3 is 15.5 Å². The summed E-state index contributed by atoms with van der Waals surface area (Å²) in [5, 5.41) is 5.59. The molecule has 0 saturated heterocycles. The van der Waals surface area contributed by atoms with Crippen molar-refractivity contribution in [1.29, 1.82) is 0 Å². The van der Waals surface area contributed by atoms with Gasteiger partial charge in [-0.1, -0.05) is 18.2 Å². The number of nitrogens with zero attached hydrogens (tertiary/aromatic N) is 1. The third-order valence-corrected chi connectivity index (χ3v) is 4.48. The minimum absolute atomic E-state index is 0.0224. The third-order valence-electron chi connectivity index (χ3n) is 4.48. The Bertz CT molecular complexity index is 809. The number of hydrogen-bond donors (Lipinski definition) is 2. The fourth-order valence-corrected chi connectivity index (χ4v) is 2.87. The molecule has 5 heteroatoms. The number of terminal acetylenes is 1. The van der Waals surface area contributed by atoms with E-state index in [1.54, 1.807) is 0 Å². The molecule has 0 radical (unpaired) electrons. The number of carbonyl (C=O) groups is 1. The second kappa shape index (κ2) is 9.75. The molecule has 2 aromatic carbocycles. The van der Waals surface area contributed by atoms with Gasteiger partial charge in [-0.3, -0.25) is 0 Å². The van der Waals surface area contributed by atoms with Crippen molar-refractivity contribution in [3.05, 3.63) is 65.0 Å². The van der Waals surface area contributed by atoms with Crippen molar-refractivity contribution >= 4 is 11.7 Å². The Balaban J connectivity index is 2.04. The van der Waals surface area contributed by atoms with Gasteiger partial charge in [0, 0.05) is 18.7 Å². The maximum atomic E-state index is 12.9. The highest BCUT2D eigenvalue weighted by Crippen LogP contribution is 2.22. The molecule has 0 aliphatic rings. The van der Waals surface area contributed by atoms with E-state index in [9.17, 15) is 9.18 Å². The molecule has 0 heterocycles. The third kappa shape index (κ3) is 6.12. The lowest BCUT2D eigenvalue weighted by atomic mass is 9.97. The van der Waals surface area contributed by atoms with E-state index in [-0.39, 0.29) is 17.9 Å². The average Bonchev–Trinajstić information content (AvgIpc) is 2.63. The maximum absolute atomic E-state index is 12.9. The van der Waals surface area contributed by atoms with Crippen molar-refractivity contribution in [2.75, 3.05) is 26.0 Å². The number of benzene rings is 2. The van der Waals surface area contributed by atoms with Crippen molar-refractivity contribution in [2.45, 2.75) is 25.8 Å². The van der Waals surface area contributed by atoms with E-state index >= 15 is 0 Å². The van der Waals surface area contributed by atoms with E-state index in [1.807, 2.05) is 14.1 Å². The van der Waals surface area contributed by atoms with Gasteiger partial charge in [-0.05, 0) is 68.4 Å². The average molecular weight is 367 g/mol. The van der Waals surface area contributed by atoms with Crippen LogP contribution in [0.2, 0.25) is 0 Å². The lowest BCUT2D eigenvalue weighted by Gasteiger charge is -2.26. The topological polar surface area (TPSA) is 44.4 Å². The molecule has 142 valence electrons. The van der Waals surface area contributed by atoms with E-state index in [1.165, 1.54) is 35.4 Å². The molecule has 2 rings (SSSR count). The van der Waals surface area contributed by atoms with Crippen molar-refractivity contribution < 1.29 is 9.18 Å². The van der Waals surface area contributed by atoms with Crippen LogP contribution in [0.25, 0.3) is 0 Å². The summed E-state index contributed by atoms with van der Waals surface area (Å²) >= 11 is 0. The lowest BCUT2D eigenvalue weighted by Crippen LogP contribution is -2.37. The van der Waals surface area contributed by atoms with Gasteiger partial charge >= 0.3 is 6.03 Å². The molecular weight excluding hydrogens is 341 g/mol. The van der Waals surface area contributed by atoms with Crippen LogP contribution < -0.4 is 10.6 Å². The number of anilines is 1. The summed E-state index contributed by atoms with van der Waals surface area (Å²) in [7, 11) is 3.95. The monoisotopic (exact) mass is 367 g/mol. The minimum Gasteiger partial charge on any atom is -0.336 e. The number of amides is 2. The van der Waals surface area contributed by atoms with Crippen molar-refractivity contribution in [2.24, 2.45) is 0 Å². The predicted molar refractivity (Wildman–Crippen MR) is 108 cm³/mol. The minimum atomic E-state index is -0.339. The number of hydrogen-bond acceptors (Lipinski definition) is 2. The first-order chi connectivity index (χ1) is 12.9. The van der Waals surface area contributed by atoms with Crippen LogP contribution >= 0.6 is 0 Å². The fraction of sp³-hybridized carbons (Fsp3) is 0.318. The highest BCUT2D eigenvalue weighted by molar-refractivity contribution is 5.89. The molecule has 0 spiro atoms. The van der Waals surface area contributed by atoms with Gasteiger partial charge in [0.2, 0.25) is 0 Å². The standard InChI is InChI=1S/C22H26FN3O/c1-5-6-7-17-14-18(9-8-16(17)2)21(26(3)4)15-24-22(27)25-20-12-10-19(23)11-13-20/h1,8-14,21H,6-7,15H2,2-4H3,(H2,24,25,27). The van der Waals surface area contributed by atoms with Crippen LogP contribution in [0, 0.1) is 25.1 Å². The molecule has 0 fully saturated rings. The molecule has 1 unspecified atom stereocenters. The number of rotatable bonds is 7. The van der Waals surface area contributed by atoms with E-state index in [0.717, 1.165) is 12.0 Å². The summed E-state index contributed by atoms with van der Waals surface area (Å²) in [5.74, 6) is 2.34. The quantitative estimate of drug-likeness (QED) is 0.723. The highest BCUT2D eigenvalue weighted by Gasteiger charge is 2.16. The van der Waals surface area contributed by atoms with Crippen LogP contribution in [0.15, 0.2) is 42.5 Å². The first-order valence-electron chi connectivity index (χ1n) is 8.90. The zero-order valence-corrected chi connectivity index (χ0v) is 16.1. The molecule has 0 saturated carbocycles. The summed E-state index contributed by atoms with van der Waals surface area (Å²) in [4.78, 5) is 14.2. The maximum Gasteiger partial charge on any atom is 0.319 e. The van der Waals surface area contributed by atoms with Crippen LogP contribution in [0.1, 0.15) is 29.2 Å². The molecule has 2 N–H and O–H groups in total. The number of aryl methyl sites for hydroxylation is 2. The Labute approximate surface area is 160 Å². The van der Waals surface area contributed by atoms with Gasteiger partial charge in [-0.15, -0.1) is 12.3 Å². The largest absolute Gasteiger partial charge is 0.336 e. The first kappa shape index (κ1) is 20.5. The van der Waals surface area contributed by atoms with Crippen LogP contribution in [0.5, 0.6) is 0 Å². The molecule has 0 aliphatic carbocycles. The van der Waals surface area contributed by atoms with Crippen LogP contribution in [0.4, 0.5) is 14.9 Å². The highest BCUT2D eigenvalue weighted by atomic mass is 19.1. The van der Waals surface area contributed by atoms with Gasteiger partial charge in [-0.2, -0.15) is 0 Å². The van der Waals surface area contributed by atoms with Crippen molar-refractivity contribution in [3.63, 3.8) is 0 Å². The summed E-state index contributed by atoms with van der Waals surface area (Å²) in [6, 6.07) is 11.7. The smallest absolute Gasteiger partial charge is 0.319 e. The Morgan fingerprint density at radius 3 is 2.56 bits per heavy atom. The lowest BCUT2D eigenvalue weighted by molar-refractivity contribution is 0.243. The van der Waals surface area contributed by atoms with Crippen molar-refractivity contribution in [1.82, 2.24) is 10.2 Å². The van der Waals surface area contributed by atoms with Gasteiger partial charge in [0.15, 0.2) is 0 Å². The number of urea groups is 1. The Morgan fingerprint density at radius 2 is 1.93 bits per heavy atom. The predicted octanol–water partition coefficient (Wildman–Crippen LogP) is 4.12. The molecule has 2 aromatic rings. The molecule has 1 atom stereocenters. The zero-order chi connectivity index (χ0) is 19.8. The normalized spacial score (nSPS) is 11.7. The van der Waals surface area contributed by atoms with Gasteiger partial charge in [0.1, 0.15) is 5.82 Å². The van der Waals surface area contributed by atoms with Gasteiger partial charge in [0.25, 0.3) is 0 Å². The molecule has 4 nitrogen and oxygen atoms in total. The molecular formula is C22H26FN3O. The number of halogens is 1. The molecule has 2 amide bonds. The Kier molecular flexibility index (Phi) is 7.39. The number of carbonyl (C=O) groups excluding carboxylic acids is 1. The SMILES string of the molecule is C#CCCc1cc(C(CNC(=O)Nc2ccc(F)cc2)N(C)C)ccc1C. The molecule has 0 aromatic heterocycles. The summed E-state index contributed by atoms with van der Waals surface area (Å²) < 4.78 is 12.9. The van der Waals surface area contributed by atoms with Crippen LogP contribution in [-0.2, 0) is 6.42 Å². The van der Waals surface area contributed by atoms with Crippen LogP contribution in [0.3, 0.4) is 0 Å². The van der Waals surface area contributed by atoms with E-state index in [2.05, 4.69) is 46.6 Å². The second-order valence-corrected chi connectivity index (χ2v) is 6.71. The summed E-state index contributed by atoms with van der Waals surface area (Å²) in [6.45, 7) is 2.52. The summed E-state index contributed by atoms with van der Waals surface area (Å²) in [5.41, 5.74) is 4.11. The molecule has 0 bridgehead atoms. The van der Waals surface area contributed by atoms with E-state index < -0.39 is 0 Å². The number of nitrogens with one attached hydrogen (secondary N) is 2. The fourth-order valence-electron chi connectivity index (χ4n) is 2.87. The van der Waals surface area contributed by atoms with Crippen molar-refractivity contribution in [3.8, 4) is 12.3 Å². The summed E-state index contributed by atoms with van der Waals surface area (Å²) in [6.07, 6.45) is 6.94. The molecule has 0 aliphatic heterocycles. The number of likely N-dealkylation sites (N-methyl/N-ethyl adjacent to an activating group) is 1. The first-order valence-corrected chi connectivity index (χ1v) is 8.90. The van der Waals surface area contributed by atoms with Gasteiger partial charge in [-0.25, -0.2) is 9.18 Å². The van der Waals surface area contributed by atoms with Gasteiger partial charge in [0.05, 0.1) is 6.04 Å². The Morgan fingerprint density at radius 1 is 1.22 bits per heavy atom. The van der Waals surface area contributed by atoms with Crippen LogP contribution in [-0.4, -0.2) is 31.6 Å². The molecule has 27 heavy (non-hydrogen) atoms. The second-order valence-electron chi connectivity index (χ2n) is 6.71. The Hall–Kier alpha value is -2.84. The van der Waals surface area contributed by atoms with E-state index in [4.69, 9.17) is 6.42 Å². The van der Waals surface area contributed by atoms with E-state index in [0.29, 0.717) is 18.7 Å².